The smallest absolute Gasteiger partial charge is 0.313 e. The fourth-order valence-corrected chi connectivity index (χ4v) is 7.92. The molecule has 1 N–H and O–H groups in total. The van der Waals surface area contributed by atoms with Crippen molar-refractivity contribution in [3.63, 3.8) is 0 Å². The van der Waals surface area contributed by atoms with Crippen molar-refractivity contribution in [1.82, 2.24) is 9.80 Å². The second kappa shape index (κ2) is 14.7. The Morgan fingerprint density at radius 2 is 1.84 bits per heavy atom. The molecule has 1 spiro atoms. The summed E-state index contributed by atoms with van der Waals surface area (Å²) in [4.78, 5) is 61.3. The molecule has 3 amide bonds. The highest BCUT2D eigenvalue weighted by atomic mass is 16.6. The molecule has 3 heterocycles. The maximum absolute atomic E-state index is 14.8. The number of benzene rings is 2. The van der Waals surface area contributed by atoms with E-state index in [0.29, 0.717) is 30.5 Å². The Balaban J connectivity index is 1.51. The van der Waals surface area contributed by atoms with Crippen LogP contribution in [-0.2, 0) is 28.7 Å². The Bertz CT molecular complexity index is 1590. The number of carbonyl (C=O) groups excluding carboxylic acids is 4. The molecule has 10 nitrogen and oxygen atoms in total. The summed E-state index contributed by atoms with van der Waals surface area (Å²) in [6, 6.07) is 12.8. The van der Waals surface area contributed by atoms with Crippen molar-refractivity contribution in [2.24, 2.45) is 11.8 Å². The first-order chi connectivity index (χ1) is 23.4. The van der Waals surface area contributed by atoms with Crippen LogP contribution in [0.1, 0.15) is 62.3 Å². The van der Waals surface area contributed by atoms with E-state index in [4.69, 9.17) is 9.47 Å². The van der Waals surface area contributed by atoms with E-state index in [2.05, 4.69) is 13.2 Å². The molecule has 0 saturated carbocycles. The van der Waals surface area contributed by atoms with Crippen molar-refractivity contribution >= 4 is 29.4 Å². The summed E-state index contributed by atoms with van der Waals surface area (Å²) in [5.74, 6) is -3.44. The number of amides is 3. The molecule has 2 aromatic rings. The molecule has 3 aliphatic heterocycles. The quantitative estimate of drug-likeness (QED) is 0.229. The van der Waals surface area contributed by atoms with Gasteiger partial charge in [-0.1, -0.05) is 54.6 Å². The van der Waals surface area contributed by atoms with E-state index in [-0.39, 0.29) is 31.4 Å². The predicted octanol–water partition coefficient (Wildman–Crippen LogP) is 4.68. The number of hydrogen-bond donors (Lipinski definition) is 1. The molecule has 0 radical (unpaired) electrons. The molecule has 3 saturated heterocycles. The molecule has 5 rings (SSSR count). The molecule has 0 unspecified atom stereocenters. The maximum atomic E-state index is 14.8. The molecule has 262 valence electrons. The molecular formula is C39H49N3O7. The second-order valence-corrected chi connectivity index (χ2v) is 13.7. The van der Waals surface area contributed by atoms with E-state index in [9.17, 15) is 24.3 Å². The highest BCUT2D eigenvalue weighted by Crippen LogP contribution is 2.59. The van der Waals surface area contributed by atoms with Crippen LogP contribution in [0.2, 0.25) is 0 Å². The molecular weight excluding hydrogens is 622 g/mol. The SMILES string of the molecule is C=CCCC(=O)N(C)[C@H](C)[C@H](OC(=O)[C@@H]1[C@@H]2CC[C@]3(O2)[C@H](C(=O)N(CC=C)c2cc(C)ccc2C)N([C@H](C)CO)C(=O)[C@@H]13)c1ccccc1. The minimum atomic E-state index is -1.28. The Labute approximate surface area is 289 Å². The lowest BCUT2D eigenvalue weighted by atomic mass is 9.70. The minimum absolute atomic E-state index is 0.111. The number of carbonyl (C=O) groups is 4. The fraction of sp³-hybridized carbons (Fsp3) is 0.487. The monoisotopic (exact) mass is 671 g/mol. The standard InChI is InChI=1S/C39H49N3O7/c1-8-10-16-31(44)40(7)27(6)34(28-14-12-11-13-15-28)48-38(47)32-30-19-20-39(49-30)33(32)36(45)42(26(5)23-43)35(39)37(46)41(21-9-2)29-22-24(3)17-18-25(29)4/h8-9,11-15,17-18,22,26-27,30,32-35,43H,1-2,10,16,19-21,23H2,3-7H3/t26-,27-,30+,32-,33-,34+,35+,39-/m1/s1. The van der Waals surface area contributed by atoms with Gasteiger partial charge in [-0.15, -0.1) is 13.2 Å². The first-order valence-electron chi connectivity index (χ1n) is 17.1. The third-order valence-corrected chi connectivity index (χ3v) is 10.6. The van der Waals surface area contributed by atoms with Crippen molar-refractivity contribution in [3.8, 4) is 0 Å². The lowest BCUT2D eigenvalue weighted by Crippen LogP contribution is -2.58. The van der Waals surface area contributed by atoms with Gasteiger partial charge in [-0.25, -0.2) is 0 Å². The van der Waals surface area contributed by atoms with Crippen LogP contribution < -0.4 is 4.90 Å². The topological polar surface area (TPSA) is 117 Å². The number of aryl methyl sites for hydroxylation is 2. The van der Waals surface area contributed by atoms with Gasteiger partial charge in [-0.2, -0.15) is 0 Å². The normalized spacial score (nSPS) is 25.7. The number of fused-ring (bicyclic) bond motifs is 1. The zero-order chi connectivity index (χ0) is 35.6. The minimum Gasteiger partial charge on any atom is -0.455 e. The number of rotatable bonds is 14. The Morgan fingerprint density at radius 1 is 1.12 bits per heavy atom. The van der Waals surface area contributed by atoms with Crippen LogP contribution in [0.5, 0.6) is 0 Å². The van der Waals surface area contributed by atoms with Crippen molar-refractivity contribution in [3.05, 3.63) is 90.5 Å². The van der Waals surface area contributed by atoms with Gasteiger partial charge in [0.1, 0.15) is 17.7 Å². The molecule has 0 aromatic heterocycles. The predicted molar refractivity (Wildman–Crippen MR) is 186 cm³/mol. The molecule has 3 fully saturated rings. The summed E-state index contributed by atoms with van der Waals surface area (Å²) in [5, 5.41) is 10.3. The summed E-state index contributed by atoms with van der Waals surface area (Å²) in [7, 11) is 1.69. The van der Waals surface area contributed by atoms with E-state index < -0.39 is 59.6 Å². The summed E-state index contributed by atoms with van der Waals surface area (Å²) in [5.41, 5.74) is 1.98. The Hall–Kier alpha value is -4.28. The van der Waals surface area contributed by atoms with Gasteiger partial charge in [0.2, 0.25) is 11.8 Å². The number of esters is 1. The lowest BCUT2D eigenvalue weighted by molar-refractivity contribution is -0.165. The lowest BCUT2D eigenvalue weighted by Gasteiger charge is -2.38. The number of likely N-dealkylation sites (tertiary alicyclic amines) is 1. The highest BCUT2D eigenvalue weighted by molar-refractivity contribution is 6.05. The number of nitrogens with zero attached hydrogens (tertiary/aromatic N) is 3. The number of ether oxygens (including phenoxy) is 2. The third kappa shape index (κ3) is 6.44. The third-order valence-electron chi connectivity index (χ3n) is 10.6. The first-order valence-corrected chi connectivity index (χ1v) is 17.1. The molecule has 8 atom stereocenters. The van der Waals surface area contributed by atoms with Crippen molar-refractivity contribution in [2.75, 3.05) is 25.1 Å². The number of allylic oxidation sites excluding steroid dienone is 1. The average molecular weight is 672 g/mol. The van der Waals surface area contributed by atoms with Crippen LogP contribution in [-0.4, -0.2) is 88.6 Å². The van der Waals surface area contributed by atoms with Gasteiger partial charge in [-0.3, -0.25) is 19.2 Å². The van der Waals surface area contributed by atoms with E-state index in [1.807, 2.05) is 69.3 Å². The summed E-state index contributed by atoms with van der Waals surface area (Å²) in [6.45, 7) is 14.8. The van der Waals surface area contributed by atoms with E-state index in [1.165, 1.54) is 4.90 Å². The Kier molecular flexibility index (Phi) is 10.8. The Morgan fingerprint density at radius 3 is 2.49 bits per heavy atom. The molecule has 2 bridgehead atoms. The molecule has 10 heteroatoms. The van der Waals surface area contributed by atoms with Gasteiger partial charge < -0.3 is 29.3 Å². The van der Waals surface area contributed by atoms with Crippen LogP contribution in [0.25, 0.3) is 0 Å². The molecule has 3 aliphatic rings. The van der Waals surface area contributed by atoms with Gasteiger partial charge >= 0.3 is 5.97 Å². The van der Waals surface area contributed by atoms with Crippen molar-refractivity contribution in [2.45, 2.75) is 89.3 Å². The zero-order valence-corrected chi connectivity index (χ0v) is 29.2. The number of aliphatic hydroxyl groups is 1. The zero-order valence-electron chi connectivity index (χ0n) is 29.2. The number of aliphatic hydroxyl groups excluding tert-OH is 1. The number of likely N-dealkylation sites (N-methyl/N-ethyl adjacent to an activating group) is 1. The van der Waals surface area contributed by atoms with Gasteiger partial charge in [0.25, 0.3) is 5.91 Å². The van der Waals surface area contributed by atoms with Gasteiger partial charge in [0, 0.05) is 25.7 Å². The van der Waals surface area contributed by atoms with Crippen LogP contribution in [0.4, 0.5) is 5.69 Å². The van der Waals surface area contributed by atoms with Crippen molar-refractivity contribution < 1.29 is 33.8 Å². The van der Waals surface area contributed by atoms with Crippen LogP contribution in [0, 0.1) is 25.7 Å². The first kappa shape index (κ1) is 36.0. The van der Waals surface area contributed by atoms with Gasteiger partial charge in [0.15, 0.2) is 0 Å². The number of anilines is 1. The fourth-order valence-electron chi connectivity index (χ4n) is 7.92. The van der Waals surface area contributed by atoms with E-state index >= 15 is 0 Å². The number of hydrogen-bond acceptors (Lipinski definition) is 7. The van der Waals surface area contributed by atoms with Crippen LogP contribution in [0.15, 0.2) is 73.8 Å². The summed E-state index contributed by atoms with van der Waals surface area (Å²) < 4.78 is 13.0. The maximum Gasteiger partial charge on any atom is 0.313 e. The molecule has 49 heavy (non-hydrogen) atoms. The van der Waals surface area contributed by atoms with Crippen molar-refractivity contribution in [1.29, 1.82) is 0 Å². The second-order valence-electron chi connectivity index (χ2n) is 13.7. The van der Waals surface area contributed by atoms with E-state index in [1.54, 1.807) is 35.9 Å². The summed E-state index contributed by atoms with van der Waals surface area (Å²) >= 11 is 0. The highest BCUT2D eigenvalue weighted by Gasteiger charge is 2.75. The molecule has 2 aromatic carbocycles. The largest absolute Gasteiger partial charge is 0.455 e. The van der Waals surface area contributed by atoms with Crippen LogP contribution >= 0.6 is 0 Å². The van der Waals surface area contributed by atoms with Crippen LogP contribution in [0.3, 0.4) is 0 Å². The van der Waals surface area contributed by atoms with Gasteiger partial charge in [0.05, 0.1) is 36.6 Å². The van der Waals surface area contributed by atoms with Gasteiger partial charge in [-0.05, 0) is 69.7 Å². The summed E-state index contributed by atoms with van der Waals surface area (Å²) in [6.07, 6.45) is 3.54. The van der Waals surface area contributed by atoms with E-state index in [0.717, 1.165) is 11.1 Å². The average Bonchev–Trinajstić information content (AvgIpc) is 3.76. The molecule has 0 aliphatic carbocycles.